The van der Waals surface area contributed by atoms with E-state index in [0.717, 1.165) is 0 Å². The first kappa shape index (κ1) is 10.3. The lowest BCUT2D eigenvalue weighted by molar-refractivity contribution is -0.0259. The number of carbonyl (C=O) groups is 1. The molecule has 2 N–H and O–H groups in total. The summed E-state index contributed by atoms with van der Waals surface area (Å²) >= 11 is 0. The van der Waals surface area contributed by atoms with Gasteiger partial charge in [-0.1, -0.05) is 0 Å². The monoisotopic (exact) mass is 196 g/mol. The minimum Gasteiger partial charge on any atom is -0.461 e. The van der Waals surface area contributed by atoms with E-state index in [-0.39, 0.29) is 5.76 Å². The van der Waals surface area contributed by atoms with Crippen molar-refractivity contribution < 1.29 is 24.2 Å². The summed E-state index contributed by atoms with van der Waals surface area (Å²) in [6, 6.07) is 2.84. The number of nitrogens with zero attached hydrogens (tertiary/aromatic N) is 2. The molecule has 0 bridgehead atoms. The van der Waals surface area contributed by atoms with Crippen molar-refractivity contribution >= 4 is 11.5 Å². The fourth-order valence-electron chi connectivity index (χ4n) is 0.884. The van der Waals surface area contributed by atoms with Crippen LogP contribution in [0.15, 0.2) is 22.8 Å². The van der Waals surface area contributed by atoms with Gasteiger partial charge in [-0.25, -0.2) is 0 Å². The van der Waals surface area contributed by atoms with Crippen LogP contribution in [0, 0.1) is 0 Å². The Balaban J connectivity index is 2.94. The number of furan rings is 1. The molecule has 0 aromatic carbocycles. The van der Waals surface area contributed by atoms with Gasteiger partial charge in [-0.05, 0) is 12.1 Å². The van der Waals surface area contributed by atoms with E-state index in [1.165, 1.54) is 18.4 Å². The van der Waals surface area contributed by atoms with Gasteiger partial charge >= 0.3 is 11.5 Å². The van der Waals surface area contributed by atoms with Gasteiger partial charge in [0.05, 0.1) is 12.9 Å². The van der Waals surface area contributed by atoms with Crippen LogP contribution in [-0.2, 0) is 0 Å². The summed E-state index contributed by atoms with van der Waals surface area (Å²) < 4.78 is 4.74. The molecule has 1 unspecified atom stereocenters. The summed E-state index contributed by atoms with van der Waals surface area (Å²) in [5.41, 5.74) is 7.90. The third-order valence-corrected chi connectivity index (χ3v) is 1.57. The molecule has 0 saturated heterocycles. The number of ketones is 1. The Labute approximate surface area is 79.0 Å². The van der Waals surface area contributed by atoms with Crippen LogP contribution in [0.4, 0.5) is 0 Å². The average molecular weight is 196 g/mol. The predicted octanol–water partition coefficient (Wildman–Crippen LogP) is -0.514. The maximum absolute atomic E-state index is 11.4. The lowest BCUT2D eigenvalue weighted by atomic mass is 10.1. The van der Waals surface area contributed by atoms with Crippen molar-refractivity contribution in [2.45, 2.75) is 6.10 Å². The second-order valence-corrected chi connectivity index (χ2v) is 2.49. The van der Waals surface area contributed by atoms with Crippen LogP contribution in [0.2, 0.25) is 0 Å². The first-order valence-corrected chi connectivity index (χ1v) is 3.79. The van der Waals surface area contributed by atoms with E-state index in [2.05, 4.69) is 4.79 Å². The van der Waals surface area contributed by atoms with Gasteiger partial charge in [-0.2, -0.15) is 4.79 Å². The van der Waals surface area contributed by atoms with Crippen LogP contribution in [-0.4, -0.2) is 39.2 Å². The fraction of sp³-hybridized carbons (Fsp3) is 0.250. The molecule has 74 valence electrons. The zero-order chi connectivity index (χ0) is 10.6. The lowest BCUT2D eigenvalue weighted by Gasteiger charge is -1.98. The topological polar surface area (TPSA) is 107 Å². The first-order valence-electron chi connectivity index (χ1n) is 3.79. The molecule has 14 heavy (non-hydrogen) atoms. The standard InChI is InChI=1S/C8H8N2O4/c9-10-7(5(12)4-11)8(13)6-2-1-3-14-6/h1-3,5,11-12H,4H2. The summed E-state index contributed by atoms with van der Waals surface area (Å²) in [6.07, 6.45) is -0.245. The molecule has 1 aromatic rings. The Bertz CT molecular complexity index is 365. The third-order valence-electron chi connectivity index (χ3n) is 1.57. The van der Waals surface area contributed by atoms with Crippen LogP contribution in [0.3, 0.4) is 0 Å². The van der Waals surface area contributed by atoms with E-state index in [9.17, 15) is 4.79 Å². The highest BCUT2D eigenvalue weighted by atomic mass is 16.3. The quantitative estimate of drug-likeness (QED) is 0.292. The molecule has 0 aliphatic heterocycles. The second kappa shape index (κ2) is 4.48. The van der Waals surface area contributed by atoms with Gasteiger partial charge in [0.1, 0.15) is 0 Å². The Hall–Kier alpha value is -1.75. The van der Waals surface area contributed by atoms with Gasteiger partial charge < -0.3 is 20.2 Å². The number of aliphatic hydroxyl groups excluding tert-OH is 2. The van der Waals surface area contributed by atoms with Gasteiger partial charge in [0.25, 0.3) is 0 Å². The highest BCUT2D eigenvalue weighted by molar-refractivity contribution is 6.44. The van der Waals surface area contributed by atoms with Crippen LogP contribution in [0.5, 0.6) is 0 Å². The lowest BCUT2D eigenvalue weighted by Crippen LogP contribution is -2.32. The maximum atomic E-state index is 11.4. The van der Waals surface area contributed by atoms with E-state index in [1.54, 1.807) is 0 Å². The molecule has 1 atom stereocenters. The van der Waals surface area contributed by atoms with Crippen LogP contribution in [0.1, 0.15) is 10.6 Å². The SMILES string of the molecule is [N-]=[N+]=C(C(=O)c1ccco1)C(O)CO. The van der Waals surface area contributed by atoms with E-state index in [1.807, 2.05) is 0 Å². The molecular formula is C8H8N2O4. The largest absolute Gasteiger partial charge is 0.461 e. The molecular weight excluding hydrogens is 188 g/mol. The molecule has 1 aromatic heterocycles. The smallest absolute Gasteiger partial charge is 0.373 e. The number of carbonyl (C=O) groups excluding carboxylic acids is 1. The van der Waals surface area contributed by atoms with Crippen molar-refractivity contribution in [2.75, 3.05) is 6.61 Å². The molecule has 0 amide bonds. The van der Waals surface area contributed by atoms with Crippen molar-refractivity contribution in [3.8, 4) is 0 Å². The zero-order valence-corrected chi connectivity index (χ0v) is 7.12. The van der Waals surface area contributed by atoms with Crippen molar-refractivity contribution in [3.05, 3.63) is 29.7 Å². The minimum absolute atomic E-state index is 0.0645. The Morgan fingerprint density at radius 1 is 1.71 bits per heavy atom. The van der Waals surface area contributed by atoms with Crippen LogP contribution < -0.4 is 0 Å². The van der Waals surface area contributed by atoms with Gasteiger partial charge in [-0.15, -0.1) is 0 Å². The molecule has 6 nitrogen and oxygen atoms in total. The molecule has 1 heterocycles. The number of hydrogen-bond acceptors (Lipinski definition) is 4. The zero-order valence-electron chi connectivity index (χ0n) is 7.12. The Morgan fingerprint density at radius 3 is 2.86 bits per heavy atom. The molecule has 0 saturated carbocycles. The summed E-state index contributed by atoms with van der Waals surface area (Å²) in [4.78, 5) is 14.0. The Morgan fingerprint density at radius 2 is 2.43 bits per heavy atom. The average Bonchev–Trinajstić information content (AvgIpc) is 2.71. The van der Waals surface area contributed by atoms with E-state index in [0.29, 0.717) is 0 Å². The number of hydrogen-bond donors (Lipinski definition) is 2. The van der Waals surface area contributed by atoms with Gasteiger partial charge in [0.2, 0.25) is 0 Å². The Kier molecular flexibility index (Phi) is 3.30. The predicted molar refractivity (Wildman–Crippen MR) is 44.8 cm³/mol. The van der Waals surface area contributed by atoms with Crippen LogP contribution in [0.25, 0.3) is 5.53 Å². The normalized spacial score (nSPS) is 11.9. The summed E-state index contributed by atoms with van der Waals surface area (Å²) in [6.45, 7) is -0.703. The molecule has 0 aliphatic rings. The van der Waals surface area contributed by atoms with E-state index < -0.39 is 24.2 Å². The molecule has 0 fully saturated rings. The van der Waals surface area contributed by atoms with Crippen molar-refractivity contribution in [1.82, 2.24) is 0 Å². The van der Waals surface area contributed by atoms with Gasteiger partial charge in [0, 0.05) is 0 Å². The number of aliphatic hydroxyl groups is 2. The summed E-state index contributed by atoms with van der Waals surface area (Å²) in [7, 11) is 0. The minimum atomic E-state index is -1.52. The van der Waals surface area contributed by atoms with Crippen molar-refractivity contribution in [3.63, 3.8) is 0 Å². The van der Waals surface area contributed by atoms with E-state index in [4.69, 9.17) is 20.2 Å². The summed E-state index contributed by atoms with van der Waals surface area (Å²) in [5, 5.41) is 17.6. The van der Waals surface area contributed by atoms with Crippen molar-refractivity contribution in [1.29, 1.82) is 0 Å². The molecule has 0 radical (unpaired) electrons. The molecule has 6 heteroatoms. The third kappa shape index (κ3) is 1.94. The van der Waals surface area contributed by atoms with Crippen molar-refractivity contribution in [2.24, 2.45) is 0 Å². The maximum Gasteiger partial charge on any atom is 0.373 e. The number of rotatable bonds is 4. The van der Waals surface area contributed by atoms with Gasteiger partial charge in [0.15, 0.2) is 11.9 Å². The molecule has 0 aliphatic carbocycles. The highest BCUT2D eigenvalue weighted by Gasteiger charge is 2.31. The molecule has 0 spiro atoms. The van der Waals surface area contributed by atoms with Gasteiger partial charge in [-0.3, -0.25) is 4.79 Å². The number of Topliss-reactive ketones (excluding diaryl/α,β-unsaturated/α-hetero) is 1. The van der Waals surface area contributed by atoms with Crippen LogP contribution >= 0.6 is 0 Å². The second-order valence-electron chi connectivity index (χ2n) is 2.49. The first-order chi connectivity index (χ1) is 6.70. The highest BCUT2D eigenvalue weighted by Crippen LogP contribution is 2.03. The molecule has 1 rings (SSSR count). The summed E-state index contributed by atoms with van der Waals surface area (Å²) in [5.74, 6) is -0.829. The van der Waals surface area contributed by atoms with E-state index >= 15 is 0 Å². The fourth-order valence-corrected chi connectivity index (χ4v) is 0.884.